The number of allylic oxidation sites excluding steroid dienone is 1. The number of hydrogen-bond donors (Lipinski definition) is 2. The Morgan fingerprint density at radius 3 is 2.50 bits per heavy atom. The number of carbonyl (C=O) groups excluding carboxylic acids is 2. The number of amides is 2. The van der Waals surface area contributed by atoms with Crippen LogP contribution in [0.3, 0.4) is 0 Å². The summed E-state index contributed by atoms with van der Waals surface area (Å²) in [6, 6.07) is 6.22. The molecule has 5 nitrogen and oxygen atoms in total. The van der Waals surface area contributed by atoms with Crippen molar-refractivity contribution in [2.75, 3.05) is 0 Å². The van der Waals surface area contributed by atoms with Gasteiger partial charge in [-0.1, -0.05) is 37.6 Å². The Kier molecular flexibility index (Phi) is 5.56. The highest BCUT2D eigenvalue weighted by atomic mass is 35.5. The van der Waals surface area contributed by atoms with Gasteiger partial charge in [0.05, 0.1) is 11.6 Å². The number of rotatable bonds is 3. The zero-order valence-electron chi connectivity index (χ0n) is 15.3. The molecule has 4 atom stereocenters. The molecule has 0 radical (unpaired) electrons. The van der Waals surface area contributed by atoms with Gasteiger partial charge >= 0.3 is 12.0 Å². The van der Waals surface area contributed by atoms with Crippen molar-refractivity contribution in [1.29, 1.82) is 0 Å². The predicted molar refractivity (Wildman–Crippen MR) is 101 cm³/mol. The lowest BCUT2D eigenvalue weighted by atomic mass is 9.80. The van der Waals surface area contributed by atoms with Gasteiger partial charge in [0.2, 0.25) is 0 Å². The highest BCUT2D eigenvalue weighted by Crippen LogP contribution is 2.33. The van der Waals surface area contributed by atoms with E-state index in [1.165, 1.54) is 0 Å². The summed E-state index contributed by atoms with van der Waals surface area (Å²) in [5.41, 5.74) is 1.76. The Labute approximate surface area is 159 Å². The molecular weight excluding hydrogens is 352 g/mol. The molecule has 6 heteroatoms. The van der Waals surface area contributed by atoms with Gasteiger partial charge in [-0.15, -0.1) is 0 Å². The van der Waals surface area contributed by atoms with Gasteiger partial charge < -0.3 is 15.4 Å². The molecule has 1 aliphatic heterocycles. The van der Waals surface area contributed by atoms with Crippen LogP contribution < -0.4 is 10.6 Å². The van der Waals surface area contributed by atoms with Crippen molar-refractivity contribution in [2.24, 2.45) is 11.8 Å². The normalized spacial score (nSPS) is 29.0. The van der Waals surface area contributed by atoms with E-state index in [-0.39, 0.29) is 18.1 Å². The fourth-order valence-corrected chi connectivity index (χ4v) is 3.82. The maximum atomic E-state index is 12.9. The zero-order chi connectivity index (χ0) is 18.8. The van der Waals surface area contributed by atoms with Crippen LogP contribution in [0.5, 0.6) is 0 Å². The maximum Gasteiger partial charge on any atom is 0.338 e. The highest BCUT2D eigenvalue weighted by molar-refractivity contribution is 6.30. The molecule has 26 heavy (non-hydrogen) atoms. The monoisotopic (exact) mass is 376 g/mol. The summed E-state index contributed by atoms with van der Waals surface area (Å²) in [4.78, 5) is 24.9. The maximum absolute atomic E-state index is 12.9. The molecule has 140 valence electrons. The van der Waals surface area contributed by atoms with Gasteiger partial charge in [-0.2, -0.15) is 0 Å². The number of halogens is 1. The second-order valence-electron chi connectivity index (χ2n) is 7.42. The van der Waals surface area contributed by atoms with E-state index in [9.17, 15) is 9.59 Å². The van der Waals surface area contributed by atoms with Crippen molar-refractivity contribution in [3.63, 3.8) is 0 Å². The van der Waals surface area contributed by atoms with Gasteiger partial charge in [0.15, 0.2) is 0 Å². The van der Waals surface area contributed by atoms with E-state index in [4.69, 9.17) is 16.3 Å². The summed E-state index contributed by atoms with van der Waals surface area (Å²) in [5, 5.41) is 6.09. The van der Waals surface area contributed by atoms with E-state index in [0.717, 1.165) is 24.8 Å². The van der Waals surface area contributed by atoms with Crippen molar-refractivity contribution in [2.45, 2.75) is 52.2 Å². The van der Waals surface area contributed by atoms with Crippen LogP contribution in [-0.4, -0.2) is 18.1 Å². The molecule has 0 saturated heterocycles. The van der Waals surface area contributed by atoms with E-state index >= 15 is 0 Å². The average Bonchev–Trinajstić information content (AvgIpc) is 2.58. The van der Waals surface area contributed by atoms with Crippen LogP contribution in [0.2, 0.25) is 5.02 Å². The highest BCUT2D eigenvalue weighted by Gasteiger charge is 2.34. The summed E-state index contributed by atoms with van der Waals surface area (Å²) in [6.07, 6.45) is 2.75. The number of ether oxygens (including phenoxy) is 1. The summed E-state index contributed by atoms with van der Waals surface area (Å²) in [7, 11) is 0. The van der Waals surface area contributed by atoms with Crippen molar-refractivity contribution >= 4 is 23.6 Å². The first-order valence-electron chi connectivity index (χ1n) is 9.10. The molecule has 2 N–H and O–H groups in total. The number of hydrogen-bond acceptors (Lipinski definition) is 3. The molecule has 1 aromatic carbocycles. The Balaban J connectivity index is 1.82. The van der Waals surface area contributed by atoms with Gasteiger partial charge in [-0.3, -0.25) is 0 Å². The number of esters is 1. The van der Waals surface area contributed by atoms with Crippen LogP contribution in [0.1, 0.15) is 51.6 Å². The number of urea groups is 1. The van der Waals surface area contributed by atoms with Gasteiger partial charge in [0, 0.05) is 10.7 Å². The molecule has 2 amide bonds. The third kappa shape index (κ3) is 4.04. The number of benzene rings is 1. The average molecular weight is 377 g/mol. The van der Waals surface area contributed by atoms with Crippen LogP contribution in [0, 0.1) is 11.8 Å². The minimum atomic E-state index is -0.548. The van der Waals surface area contributed by atoms with Gasteiger partial charge in [0.1, 0.15) is 6.10 Å². The Bertz CT molecular complexity index is 729. The fourth-order valence-electron chi connectivity index (χ4n) is 3.69. The first-order chi connectivity index (χ1) is 12.3. The summed E-state index contributed by atoms with van der Waals surface area (Å²) < 4.78 is 5.82. The third-order valence-corrected chi connectivity index (χ3v) is 5.77. The lowest BCUT2D eigenvalue weighted by Gasteiger charge is -2.33. The van der Waals surface area contributed by atoms with E-state index in [1.54, 1.807) is 19.1 Å². The van der Waals surface area contributed by atoms with Gasteiger partial charge in [-0.05, 0) is 55.7 Å². The zero-order valence-corrected chi connectivity index (χ0v) is 16.1. The van der Waals surface area contributed by atoms with Crippen LogP contribution in [-0.2, 0) is 9.53 Å². The topological polar surface area (TPSA) is 67.4 Å². The SMILES string of the molecule is CC1=C(C(=O)O[C@@H]2CC[C@H](C)[C@@H](C)C2)[C@@H](c2ccc(Cl)cc2)NC(=O)N1. The second kappa shape index (κ2) is 7.70. The molecule has 1 saturated carbocycles. The molecule has 0 aromatic heterocycles. The number of carbonyl (C=O) groups is 2. The molecule has 1 aliphatic carbocycles. The second-order valence-corrected chi connectivity index (χ2v) is 7.85. The van der Waals surface area contributed by atoms with Gasteiger partial charge in [0.25, 0.3) is 0 Å². The fraction of sp³-hybridized carbons (Fsp3) is 0.500. The van der Waals surface area contributed by atoms with Crippen LogP contribution >= 0.6 is 11.6 Å². The first kappa shape index (κ1) is 18.8. The summed E-state index contributed by atoms with van der Waals surface area (Å²) >= 11 is 5.96. The predicted octanol–water partition coefficient (Wildman–Crippen LogP) is 4.34. The first-order valence-corrected chi connectivity index (χ1v) is 9.47. The van der Waals surface area contributed by atoms with E-state index in [2.05, 4.69) is 24.5 Å². The number of nitrogens with one attached hydrogen (secondary N) is 2. The van der Waals surface area contributed by atoms with Crippen LogP contribution in [0.25, 0.3) is 0 Å². The molecule has 0 unspecified atom stereocenters. The van der Waals surface area contributed by atoms with Crippen molar-refractivity contribution in [3.05, 3.63) is 46.1 Å². The van der Waals surface area contributed by atoms with E-state index < -0.39 is 6.04 Å². The lowest BCUT2D eigenvalue weighted by molar-refractivity contribution is -0.147. The minimum Gasteiger partial charge on any atom is -0.459 e. The summed E-state index contributed by atoms with van der Waals surface area (Å²) in [5.74, 6) is 0.818. The molecule has 0 bridgehead atoms. The third-order valence-electron chi connectivity index (χ3n) is 5.52. The lowest BCUT2D eigenvalue weighted by Crippen LogP contribution is -2.45. The Morgan fingerprint density at radius 1 is 1.15 bits per heavy atom. The molecule has 1 fully saturated rings. The molecule has 2 aliphatic rings. The van der Waals surface area contributed by atoms with Crippen molar-refractivity contribution in [1.82, 2.24) is 10.6 Å². The van der Waals surface area contributed by atoms with E-state index in [1.807, 2.05) is 12.1 Å². The molecular formula is C20H25ClN2O3. The van der Waals surface area contributed by atoms with Gasteiger partial charge in [-0.25, -0.2) is 9.59 Å². The largest absolute Gasteiger partial charge is 0.459 e. The Morgan fingerprint density at radius 2 is 1.85 bits per heavy atom. The van der Waals surface area contributed by atoms with Crippen LogP contribution in [0.4, 0.5) is 4.79 Å². The summed E-state index contributed by atoms with van der Waals surface area (Å²) in [6.45, 7) is 6.17. The standard InChI is InChI=1S/C20H25ClN2O3/c1-11-4-9-16(10-12(11)2)26-19(24)17-13(3)22-20(25)23-18(17)14-5-7-15(21)8-6-14/h5-8,11-12,16,18H,4,9-10H2,1-3H3,(H2,22,23,25)/t11-,12-,16+,18+/m0/s1. The Hall–Kier alpha value is -2.01. The quantitative estimate of drug-likeness (QED) is 0.771. The van der Waals surface area contributed by atoms with Crippen LogP contribution in [0.15, 0.2) is 35.5 Å². The van der Waals surface area contributed by atoms with Crippen molar-refractivity contribution in [3.8, 4) is 0 Å². The minimum absolute atomic E-state index is 0.0718. The molecule has 3 rings (SSSR count). The molecule has 0 spiro atoms. The molecule has 1 aromatic rings. The van der Waals surface area contributed by atoms with Crippen molar-refractivity contribution < 1.29 is 14.3 Å². The molecule has 1 heterocycles. The smallest absolute Gasteiger partial charge is 0.338 e. The van der Waals surface area contributed by atoms with E-state index in [0.29, 0.717) is 28.1 Å².